The Morgan fingerprint density at radius 2 is 1.23 bits per heavy atom. The second-order valence-electron chi connectivity index (χ2n) is 7.43. The molecule has 1 unspecified atom stereocenters. The highest BCUT2D eigenvalue weighted by atomic mass is 16.5. The normalized spacial score (nSPS) is 12.1. The van der Waals surface area contributed by atoms with Crippen molar-refractivity contribution in [3.05, 3.63) is 0 Å². The van der Waals surface area contributed by atoms with Crippen molar-refractivity contribution in [3.63, 3.8) is 0 Å². The van der Waals surface area contributed by atoms with E-state index in [0.717, 1.165) is 19.3 Å². The molecule has 0 bridgehead atoms. The van der Waals surface area contributed by atoms with Crippen LogP contribution in [-0.2, 0) is 9.59 Å². The summed E-state index contributed by atoms with van der Waals surface area (Å²) in [5.74, 6) is -2.11. The maximum absolute atomic E-state index is 11.8. The van der Waals surface area contributed by atoms with E-state index in [2.05, 4.69) is 6.92 Å². The first-order valence-corrected chi connectivity index (χ1v) is 10.7. The lowest BCUT2D eigenvalue weighted by atomic mass is 9.96. The number of hydrogen-bond acceptors (Lipinski definition) is 3. The first-order valence-electron chi connectivity index (χ1n) is 10.7. The van der Waals surface area contributed by atoms with Crippen LogP contribution >= 0.6 is 0 Å². The average Bonchev–Trinajstić information content (AvgIpc) is 2.61. The van der Waals surface area contributed by atoms with E-state index >= 15 is 0 Å². The summed E-state index contributed by atoms with van der Waals surface area (Å²) in [5.41, 5.74) is 0. The first-order chi connectivity index (χ1) is 12.5. The third kappa shape index (κ3) is 14.1. The summed E-state index contributed by atoms with van der Waals surface area (Å²) >= 11 is 0. The van der Waals surface area contributed by atoms with E-state index in [9.17, 15) is 19.9 Å². The predicted molar refractivity (Wildman–Crippen MR) is 105 cm³/mol. The monoisotopic (exact) mass is 371 g/mol. The Morgan fingerprint density at radius 3 is 1.65 bits per heavy atom. The van der Waals surface area contributed by atoms with Gasteiger partial charge in [-0.25, -0.2) is 5.06 Å². The lowest BCUT2D eigenvalue weighted by Gasteiger charge is -2.17. The molecule has 1 amide bonds. The van der Waals surface area contributed by atoms with Crippen LogP contribution in [0.3, 0.4) is 0 Å². The van der Waals surface area contributed by atoms with Crippen molar-refractivity contribution in [1.29, 1.82) is 0 Å². The van der Waals surface area contributed by atoms with Crippen LogP contribution in [0.5, 0.6) is 0 Å². The fraction of sp³-hybridized carbons (Fsp3) is 0.905. The Labute approximate surface area is 160 Å². The molecular formula is C21H41NO4. The minimum absolute atomic E-state index is 0.107. The summed E-state index contributed by atoms with van der Waals surface area (Å²) in [5, 5.41) is 19.4. The minimum Gasteiger partial charge on any atom is -0.481 e. The number of hydroxylamine groups is 2. The molecule has 0 aromatic carbocycles. The van der Waals surface area contributed by atoms with Gasteiger partial charge in [-0.2, -0.15) is 0 Å². The zero-order chi connectivity index (χ0) is 19.6. The molecule has 0 aliphatic rings. The molecule has 0 spiro atoms. The topological polar surface area (TPSA) is 77.8 Å². The number of amides is 1. The van der Waals surface area contributed by atoms with E-state index < -0.39 is 17.8 Å². The van der Waals surface area contributed by atoms with Crippen LogP contribution in [0.25, 0.3) is 0 Å². The minimum atomic E-state index is -0.939. The van der Waals surface area contributed by atoms with Gasteiger partial charge in [-0.15, -0.1) is 0 Å². The van der Waals surface area contributed by atoms with Gasteiger partial charge in [0.15, 0.2) is 0 Å². The van der Waals surface area contributed by atoms with Crippen LogP contribution in [-0.4, -0.2) is 33.8 Å². The Hall–Kier alpha value is -1.10. The number of carboxylic acids is 1. The number of carbonyl (C=O) groups excluding carboxylic acids is 1. The number of nitrogens with zero attached hydrogens (tertiary/aromatic N) is 1. The van der Waals surface area contributed by atoms with Gasteiger partial charge < -0.3 is 5.11 Å². The Morgan fingerprint density at radius 1 is 0.769 bits per heavy atom. The zero-order valence-electron chi connectivity index (χ0n) is 17.0. The molecule has 26 heavy (non-hydrogen) atoms. The highest BCUT2D eigenvalue weighted by molar-refractivity contribution is 5.81. The van der Waals surface area contributed by atoms with Crippen molar-refractivity contribution in [3.8, 4) is 0 Å². The zero-order valence-corrected chi connectivity index (χ0v) is 17.0. The van der Waals surface area contributed by atoms with E-state index in [1.807, 2.05) is 6.92 Å². The van der Waals surface area contributed by atoms with Crippen molar-refractivity contribution in [2.75, 3.05) is 6.54 Å². The van der Waals surface area contributed by atoms with E-state index in [4.69, 9.17) is 0 Å². The molecule has 154 valence electrons. The van der Waals surface area contributed by atoms with Crippen molar-refractivity contribution in [1.82, 2.24) is 5.06 Å². The first kappa shape index (κ1) is 24.9. The van der Waals surface area contributed by atoms with E-state index in [1.165, 1.54) is 57.8 Å². The molecule has 0 heterocycles. The van der Waals surface area contributed by atoms with Crippen LogP contribution in [0.2, 0.25) is 0 Å². The van der Waals surface area contributed by atoms with Gasteiger partial charge in [-0.05, 0) is 12.8 Å². The van der Waals surface area contributed by atoms with Gasteiger partial charge in [0.05, 0.1) is 5.92 Å². The lowest BCUT2D eigenvalue weighted by molar-refractivity contribution is -0.168. The maximum Gasteiger partial charge on any atom is 0.307 e. The molecule has 0 aliphatic heterocycles. The van der Waals surface area contributed by atoms with Crippen molar-refractivity contribution in [2.24, 2.45) is 5.92 Å². The molecule has 0 saturated carbocycles. The van der Waals surface area contributed by atoms with Crippen molar-refractivity contribution < 1.29 is 19.9 Å². The molecule has 5 nitrogen and oxygen atoms in total. The maximum atomic E-state index is 11.8. The Balaban J connectivity index is 3.66. The van der Waals surface area contributed by atoms with Crippen LogP contribution in [0.4, 0.5) is 0 Å². The molecule has 0 radical (unpaired) electrons. The molecular weight excluding hydrogens is 330 g/mol. The number of unbranched alkanes of at least 4 members (excludes halogenated alkanes) is 11. The average molecular weight is 372 g/mol. The third-order valence-electron chi connectivity index (χ3n) is 4.90. The van der Waals surface area contributed by atoms with Gasteiger partial charge in [-0.1, -0.05) is 90.9 Å². The lowest BCUT2D eigenvalue weighted by Crippen LogP contribution is -2.31. The molecule has 0 fully saturated rings. The van der Waals surface area contributed by atoms with Crippen LogP contribution in [0, 0.1) is 5.92 Å². The second-order valence-corrected chi connectivity index (χ2v) is 7.43. The highest BCUT2D eigenvalue weighted by Crippen LogP contribution is 2.17. The van der Waals surface area contributed by atoms with Gasteiger partial charge in [0.1, 0.15) is 0 Å². The summed E-state index contributed by atoms with van der Waals surface area (Å²) in [6, 6.07) is 0. The molecule has 2 N–H and O–H groups in total. The summed E-state index contributed by atoms with van der Waals surface area (Å²) in [7, 11) is 0. The molecule has 0 aromatic rings. The van der Waals surface area contributed by atoms with Gasteiger partial charge in [0.25, 0.3) is 0 Å². The second kappa shape index (κ2) is 17.3. The molecule has 5 heteroatoms. The molecule has 0 saturated heterocycles. The number of aliphatic carboxylic acids is 1. The van der Waals surface area contributed by atoms with Crippen molar-refractivity contribution >= 4 is 11.9 Å². The van der Waals surface area contributed by atoms with E-state index in [1.54, 1.807) is 0 Å². The van der Waals surface area contributed by atoms with Gasteiger partial charge >= 0.3 is 5.97 Å². The fourth-order valence-corrected chi connectivity index (χ4v) is 3.20. The summed E-state index contributed by atoms with van der Waals surface area (Å²) < 4.78 is 0. The third-order valence-corrected chi connectivity index (χ3v) is 4.90. The molecule has 0 aromatic heterocycles. The number of carbonyl (C=O) groups is 2. The summed E-state index contributed by atoms with van der Waals surface area (Å²) in [6.45, 7) is 4.35. The highest BCUT2D eigenvalue weighted by Gasteiger charge is 2.23. The standard InChI is InChI=1S/C21H41NO4/c1-3-5-6-7-8-9-10-11-12-13-14-15-16-19(21(24)25)18-20(23)22(26)17-4-2/h19,26H,3-18H2,1-2H3,(H,24,25). The van der Waals surface area contributed by atoms with Gasteiger partial charge in [0, 0.05) is 13.0 Å². The number of rotatable bonds is 18. The summed E-state index contributed by atoms with van der Waals surface area (Å²) in [4.78, 5) is 23.1. The van der Waals surface area contributed by atoms with Crippen LogP contribution < -0.4 is 0 Å². The van der Waals surface area contributed by atoms with Crippen molar-refractivity contribution in [2.45, 2.75) is 110 Å². The largest absolute Gasteiger partial charge is 0.481 e. The Bertz CT molecular complexity index is 360. The van der Waals surface area contributed by atoms with Gasteiger partial charge in [-0.3, -0.25) is 14.8 Å². The summed E-state index contributed by atoms with van der Waals surface area (Å²) in [6.07, 6.45) is 15.9. The molecule has 0 rings (SSSR count). The van der Waals surface area contributed by atoms with Crippen LogP contribution in [0.15, 0.2) is 0 Å². The quantitative estimate of drug-likeness (QED) is 0.181. The smallest absolute Gasteiger partial charge is 0.307 e. The Kier molecular flexibility index (Phi) is 16.6. The van der Waals surface area contributed by atoms with Gasteiger partial charge in [0.2, 0.25) is 5.91 Å². The number of carboxylic acid groups (broad SMARTS) is 1. The van der Waals surface area contributed by atoms with Crippen LogP contribution in [0.1, 0.15) is 110 Å². The van der Waals surface area contributed by atoms with E-state index in [0.29, 0.717) is 17.9 Å². The van der Waals surface area contributed by atoms with E-state index in [-0.39, 0.29) is 13.0 Å². The molecule has 1 atom stereocenters. The molecule has 0 aliphatic carbocycles. The SMILES string of the molecule is CCCCCCCCCCCCCCC(CC(=O)N(O)CCC)C(=O)O. The number of hydrogen-bond donors (Lipinski definition) is 2. The predicted octanol–water partition coefficient (Wildman–Crippen LogP) is 5.80. The fourth-order valence-electron chi connectivity index (χ4n) is 3.20.